The van der Waals surface area contributed by atoms with Crippen LogP contribution < -0.4 is 14.8 Å². The van der Waals surface area contributed by atoms with Gasteiger partial charge >= 0.3 is 0 Å². The van der Waals surface area contributed by atoms with Gasteiger partial charge in [0.15, 0.2) is 29.0 Å². The Hall–Kier alpha value is -2.74. The molecule has 8 heteroatoms. The zero-order chi connectivity index (χ0) is 20.8. The van der Waals surface area contributed by atoms with Crippen LogP contribution in [0.4, 0.5) is 18.9 Å². The number of anilines is 1. The summed E-state index contributed by atoms with van der Waals surface area (Å²) in [5.41, 5.74) is 0.591. The fourth-order valence-electron chi connectivity index (χ4n) is 2.60. The Bertz CT molecular complexity index is 846. The Morgan fingerprint density at radius 1 is 1.07 bits per heavy atom. The Kier molecular flexibility index (Phi) is 7.28. The van der Waals surface area contributed by atoms with E-state index in [1.165, 1.54) is 0 Å². The summed E-state index contributed by atoms with van der Waals surface area (Å²) in [5.74, 6) is -3.64. The maximum Gasteiger partial charge on any atom is 0.241 e. The number of methoxy groups -OCH3 is 2. The van der Waals surface area contributed by atoms with Crippen molar-refractivity contribution < 1.29 is 27.4 Å². The summed E-state index contributed by atoms with van der Waals surface area (Å²) < 4.78 is 50.5. The number of halogens is 3. The third-order valence-corrected chi connectivity index (χ3v) is 4.53. The summed E-state index contributed by atoms with van der Waals surface area (Å²) in [6.07, 6.45) is 0.633. The van der Waals surface area contributed by atoms with Gasteiger partial charge < -0.3 is 14.8 Å². The number of carbonyl (C=O) groups excluding carboxylic acids is 1. The van der Waals surface area contributed by atoms with E-state index in [9.17, 15) is 18.0 Å². The minimum Gasteiger partial charge on any atom is -0.493 e. The maximum atomic E-state index is 13.7. The first kappa shape index (κ1) is 21.6. The molecule has 0 heterocycles. The molecule has 0 aliphatic rings. The predicted molar refractivity (Wildman–Crippen MR) is 100 cm³/mol. The molecule has 0 aromatic heterocycles. The number of benzene rings is 2. The molecule has 0 fully saturated rings. The van der Waals surface area contributed by atoms with E-state index in [1.54, 1.807) is 39.2 Å². The van der Waals surface area contributed by atoms with Crippen LogP contribution in [0.5, 0.6) is 11.5 Å². The number of rotatable bonds is 8. The summed E-state index contributed by atoms with van der Waals surface area (Å²) in [4.78, 5) is 14.1. The molecule has 5 nitrogen and oxygen atoms in total. The SMILES string of the molecule is COc1ccc(CCN(C)[C@@H](C)C(=O)Nc2ccc(F)c(F)c2F)cc1OC. The summed E-state index contributed by atoms with van der Waals surface area (Å²) in [7, 11) is 4.85. The monoisotopic (exact) mass is 396 g/mol. The molecule has 0 saturated heterocycles. The minimum absolute atomic E-state index is 0.399. The van der Waals surface area contributed by atoms with Crippen LogP contribution in [0.1, 0.15) is 12.5 Å². The zero-order valence-electron chi connectivity index (χ0n) is 16.2. The van der Waals surface area contributed by atoms with Crippen LogP contribution in [0.15, 0.2) is 30.3 Å². The number of carbonyl (C=O) groups is 1. The number of likely N-dealkylation sites (N-methyl/N-ethyl adjacent to an activating group) is 1. The summed E-state index contributed by atoms with van der Waals surface area (Å²) in [6.45, 7) is 2.17. The van der Waals surface area contributed by atoms with Gasteiger partial charge in [-0.2, -0.15) is 0 Å². The molecule has 2 rings (SSSR count). The molecule has 1 atom stereocenters. The van der Waals surface area contributed by atoms with Crippen LogP contribution >= 0.6 is 0 Å². The molecule has 0 bridgehead atoms. The molecule has 28 heavy (non-hydrogen) atoms. The summed E-state index contributed by atoms with van der Waals surface area (Å²) >= 11 is 0. The van der Waals surface area contributed by atoms with Crippen molar-refractivity contribution in [1.29, 1.82) is 0 Å². The van der Waals surface area contributed by atoms with Crippen LogP contribution in [-0.2, 0) is 11.2 Å². The Morgan fingerprint density at radius 2 is 1.75 bits per heavy atom. The minimum atomic E-state index is -1.62. The van der Waals surface area contributed by atoms with Gasteiger partial charge in [-0.15, -0.1) is 0 Å². The molecule has 0 spiro atoms. The van der Waals surface area contributed by atoms with Crippen LogP contribution in [-0.4, -0.2) is 44.7 Å². The standard InChI is InChI=1S/C20H23F3N2O3/c1-12(20(26)24-15-7-6-14(21)18(22)19(15)23)25(2)10-9-13-5-8-16(27-3)17(11-13)28-4/h5-8,11-12H,9-10H2,1-4H3,(H,24,26)/t12-/m0/s1. The molecule has 1 amide bonds. The van der Waals surface area contributed by atoms with Crippen molar-refractivity contribution in [3.63, 3.8) is 0 Å². The zero-order valence-corrected chi connectivity index (χ0v) is 16.2. The van der Waals surface area contributed by atoms with E-state index in [-0.39, 0.29) is 0 Å². The van der Waals surface area contributed by atoms with Gasteiger partial charge in [0.05, 0.1) is 25.9 Å². The van der Waals surface area contributed by atoms with Gasteiger partial charge in [0.1, 0.15) is 0 Å². The molecule has 152 valence electrons. The van der Waals surface area contributed by atoms with Crippen LogP contribution in [0.3, 0.4) is 0 Å². The predicted octanol–water partition coefficient (Wildman–Crippen LogP) is 3.62. The third kappa shape index (κ3) is 4.95. The lowest BCUT2D eigenvalue weighted by molar-refractivity contribution is -0.120. The molecular weight excluding hydrogens is 373 g/mol. The van der Waals surface area contributed by atoms with Crippen LogP contribution in [0.2, 0.25) is 0 Å². The molecule has 0 saturated carbocycles. The smallest absolute Gasteiger partial charge is 0.241 e. The average molecular weight is 396 g/mol. The van der Waals surface area contributed by atoms with Crippen molar-refractivity contribution in [3.8, 4) is 11.5 Å². The average Bonchev–Trinajstić information content (AvgIpc) is 2.71. The highest BCUT2D eigenvalue weighted by molar-refractivity contribution is 5.94. The van der Waals surface area contributed by atoms with Crippen molar-refractivity contribution in [2.45, 2.75) is 19.4 Å². The van der Waals surface area contributed by atoms with Crippen molar-refractivity contribution in [2.24, 2.45) is 0 Å². The summed E-state index contributed by atoms with van der Waals surface area (Å²) in [6, 6.07) is 6.69. The van der Waals surface area contributed by atoms with E-state index >= 15 is 0 Å². The van der Waals surface area contributed by atoms with Gasteiger partial charge in [-0.3, -0.25) is 9.69 Å². The van der Waals surface area contributed by atoms with Crippen LogP contribution in [0.25, 0.3) is 0 Å². The lowest BCUT2D eigenvalue weighted by Crippen LogP contribution is -2.40. The van der Waals surface area contributed by atoms with E-state index in [4.69, 9.17) is 9.47 Å². The van der Waals surface area contributed by atoms with E-state index in [1.807, 2.05) is 12.1 Å². The van der Waals surface area contributed by atoms with E-state index in [0.29, 0.717) is 24.5 Å². The topological polar surface area (TPSA) is 50.8 Å². The molecule has 0 radical (unpaired) electrons. The highest BCUT2D eigenvalue weighted by Crippen LogP contribution is 2.27. The van der Waals surface area contributed by atoms with E-state index < -0.39 is 35.1 Å². The number of hydrogen-bond donors (Lipinski definition) is 1. The van der Waals surface area contributed by atoms with Gasteiger partial charge in [0.25, 0.3) is 0 Å². The van der Waals surface area contributed by atoms with Gasteiger partial charge in [0.2, 0.25) is 5.91 Å². The Balaban J connectivity index is 1.98. The first-order valence-electron chi connectivity index (χ1n) is 8.64. The van der Waals surface area contributed by atoms with Crippen molar-refractivity contribution in [1.82, 2.24) is 4.90 Å². The molecule has 1 N–H and O–H groups in total. The van der Waals surface area contributed by atoms with Gasteiger partial charge in [-0.1, -0.05) is 6.07 Å². The summed E-state index contributed by atoms with van der Waals surface area (Å²) in [5, 5.41) is 2.29. The van der Waals surface area contributed by atoms with Crippen molar-refractivity contribution in [2.75, 3.05) is 33.1 Å². The lowest BCUT2D eigenvalue weighted by atomic mass is 10.1. The third-order valence-electron chi connectivity index (χ3n) is 4.53. The largest absolute Gasteiger partial charge is 0.493 e. The number of nitrogens with one attached hydrogen (secondary N) is 1. The second-order valence-electron chi connectivity index (χ2n) is 6.31. The quantitative estimate of drug-likeness (QED) is 0.693. The molecule has 0 aliphatic carbocycles. The molecule has 0 aliphatic heterocycles. The second-order valence-corrected chi connectivity index (χ2v) is 6.31. The first-order valence-corrected chi connectivity index (χ1v) is 8.64. The molecule has 2 aromatic rings. The van der Waals surface area contributed by atoms with E-state index in [2.05, 4.69) is 5.32 Å². The maximum absolute atomic E-state index is 13.7. The molecule has 2 aromatic carbocycles. The van der Waals surface area contributed by atoms with E-state index in [0.717, 1.165) is 17.7 Å². The Labute approximate surface area is 162 Å². The van der Waals surface area contributed by atoms with Crippen molar-refractivity contribution >= 4 is 11.6 Å². The molecular formula is C20H23F3N2O3. The number of nitrogens with zero attached hydrogens (tertiary/aromatic N) is 1. The van der Waals surface area contributed by atoms with Crippen LogP contribution in [0, 0.1) is 17.5 Å². The number of amides is 1. The lowest BCUT2D eigenvalue weighted by Gasteiger charge is -2.24. The highest BCUT2D eigenvalue weighted by Gasteiger charge is 2.21. The molecule has 0 unspecified atom stereocenters. The highest BCUT2D eigenvalue weighted by atomic mass is 19.2. The Morgan fingerprint density at radius 3 is 2.39 bits per heavy atom. The van der Waals surface area contributed by atoms with Gasteiger partial charge in [-0.25, -0.2) is 13.2 Å². The number of ether oxygens (including phenoxy) is 2. The normalized spacial score (nSPS) is 12.0. The fourth-order valence-corrected chi connectivity index (χ4v) is 2.60. The van der Waals surface area contributed by atoms with Gasteiger partial charge in [0, 0.05) is 6.54 Å². The second kappa shape index (κ2) is 9.45. The van der Waals surface area contributed by atoms with Gasteiger partial charge in [-0.05, 0) is 50.2 Å². The fraction of sp³-hybridized carbons (Fsp3) is 0.350. The van der Waals surface area contributed by atoms with Crippen molar-refractivity contribution in [3.05, 3.63) is 53.3 Å². The first-order chi connectivity index (χ1) is 13.3. The number of hydrogen-bond acceptors (Lipinski definition) is 4.